The first-order valence-electron chi connectivity index (χ1n) is 4.57. The van der Waals surface area contributed by atoms with E-state index in [-0.39, 0.29) is 11.6 Å². The van der Waals surface area contributed by atoms with Crippen LogP contribution in [0, 0.1) is 18.2 Å². The Bertz CT molecular complexity index is 413. The lowest BCUT2D eigenvalue weighted by Gasteiger charge is -2.21. The van der Waals surface area contributed by atoms with Gasteiger partial charge in [-0.2, -0.15) is 0 Å². The third kappa shape index (κ3) is 2.47. The minimum absolute atomic E-state index is 0.237. The zero-order valence-electron chi connectivity index (χ0n) is 9.04. The van der Waals surface area contributed by atoms with Crippen LogP contribution in [0.1, 0.15) is 5.56 Å². The predicted octanol–water partition coefficient (Wildman–Crippen LogP) is 1.17. The number of hydrogen-bond acceptors (Lipinski definition) is 2. The first kappa shape index (κ1) is 12.0. The largest absolute Gasteiger partial charge is 0.351 e. The molecule has 6 heteroatoms. The first-order chi connectivity index (χ1) is 7.43. The number of urea groups is 1. The number of nitrogens with two attached hydrogens (primary N) is 1. The van der Waals surface area contributed by atoms with E-state index in [1.807, 2.05) is 0 Å². The molecule has 0 bridgehead atoms. The third-order valence-corrected chi connectivity index (χ3v) is 2.10. The van der Waals surface area contributed by atoms with Gasteiger partial charge in [-0.05, 0) is 18.6 Å². The van der Waals surface area contributed by atoms with E-state index in [9.17, 15) is 9.18 Å². The Morgan fingerprint density at radius 2 is 2.19 bits per heavy atom. The van der Waals surface area contributed by atoms with Gasteiger partial charge in [0, 0.05) is 7.05 Å². The van der Waals surface area contributed by atoms with Gasteiger partial charge in [-0.3, -0.25) is 10.7 Å². The van der Waals surface area contributed by atoms with Crippen molar-refractivity contribution in [3.8, 4) is 0 Å². The fourth-order valence-electron chi connectivity index (χ4n) is 1.36. The van der Waals surface area contributed by atoms with Gasteiger partial charge in [-0.25, -0.2) is 9.18 Å². The molecular formula is C10H13FN4O. The monoisotopic (exact) mass is 224 g/mol. The van der Waals surface area contributed by atoms with Gasteiger partial charge in [-0.1, -0.05) is 12.1 Å². The van der Waals surface area contributed by atoms with Crippen LogP contribution in [0.3, 0.4) is 0 Å². The summed E-state index contributed by atoms with van der Waals surface area (Å²) in [5.74, 6) is -0.737. The normalized spacial score (nSPS) is 9.69. The van der Waals surface area contributed by atoms with Crippen LogP contribution < -0.4 is 16.0 Å². The molecule has 0 atom stereocenters. The average molecular weight is 224 g/mol. The van der Waals surface area contributed by atoms with Crippen LogP contribution in [0.25, 0.3) is 0 Å². The highest BCUT2D eigenvalue weighted by Crippen LogP contribution is 2.22. The second-order valence-electron chi connectivity index (χ2n) is 3.30. The Hall–Kier alpha value is -2.11. The molecular weight excluding hydrogens is 211 g/mol. The lowest BCUT2D eigenvalue weighted by atomic mass is 10.2. The molecule has 1 aromatic rings. The highest BCUT2D eigenvalue weighted by atomic mass is 19.1. The number of para-hydroxylation sites is 1. The number of nitrogens with one attached hydrogen (secondary N) is 2. The predicted molar refractivity (Wildman–Crippen MR) is 60.0 cm³/mol. The number of carbonyl (C=O) groups excluding carboxylic acids is 1. The first-order valence-corrected chi connectivity index (χ1v) is 4.57. The summed E-state index contributed by atoms with van der Waals surface area (Å²) in [6, 6.07) is 3.72. The summed E-state index contributed by atoms with van der Waals surface area (Å²) in [6.07, 6.45) is 0. The Morgan fingerprint density at radius 3 is 2.69 bits per heavy atom. The van der Waals surface area contributed by atoms with E-state index in [2.05, 4.69) is 5.32 Å². The van der Waals surface area contributed by atoms with E-state index in [0.29, 0.717) is 5.56 Å². The topological polar surface area (TPSA) is 82.2 Å². The van der Waals surface area contributed by atoms with Gasteiger partial charge in [-0.15, -0.1) is 0 Å². The highest BCUT2D eigenvalue weighted by molar-refractivity contribution is 6.03. The molecule has 0 aliphatic rings. The summed E-state index contributed by atoms with van der Waals surface area (Å²) in [6.45, 7) is 1.71. The zero-order chi connectivity index (χ0) is 12.3. The number of amides is 2. The van der Waals surface area contributed by atoms with Gasteiger partial charge < -0.3 is 10.6 Å². The van der Waals surface area contributed by atoms with Crippen LogP contribution in [0.15, 0.2) is 18.2 Å². The third-order valence-electron chi connectivity index (χ3n) is 2.10. The molecule has 4 N–H and O–H groups in total. The number of benzene rings is 1. The molecule has 0 radical (unpaired) electrons. The number of primary amides is 1. The smallest absolute Gasteiger partial charge is 0.318 e. The second-order valence-corrected chi connectivity index (χ2v) is 3.30. The fourth-order valence-corrected chi connectivity index (χ4v) is 1.36. The molecule has 0 unspecified atom stereocenters. The Morgan fingerprint density at radius 1 is 1.56 bits per heavy atom. The van der Waals surface area contributed by atoms with Crippen molar-refractivity contribution >= 4 is 17.7 Å². The molecule has 0 aromatic heterocycles. The molecule has 0 saturated heterocycles. The van der Waals surface area contributed by atoms with Crippen molar-refractivity contribution in [3.05, 3.63) is 29.6 Å². The van der Waals surface area contributed by atoms with E-state index in [1.165, 1.54) is 18.0 Å². The number of carbonyl (C=O) groups is 1. The minimum Gasteiger partial charge on any atom is -0.351 e. The maximum absolute atomic E-state index is 13.5. The van der Waals surface area contributed by atoms with Crippen molar-refractivity contribution in [3.63, 3.8) is 0 Å². The molecule has 0 spiro atoms. The number of nitrogens with zero attached hydrogens (tertiary/aromatic N) is 1. The van der Waals surface area contributed by atoms with Crippen molar-refractivity contribution in [1.29, 1.82) is 5.41 Å². The molecule has 2 amide bonds. The number of aryl methyl sites for hydroxylation is 1. The van der Waals surface area contributed by atoms with E-state index in [0.717, 1.165) is 0 Å². The molecule has 5 nitrogen and oxygen atoms in total. The highest BCUT2D eigenvalue weighted by Gasteiger charge is 2.14. The van der Waals surface area contributed by atoms with Crippen LogP contribution in [0.5, 0.6) is 0 Å². The maximum Gasteiger partial charge on any atom is 0.318 e. The molecule has 0 saturated carbocycles. The number of rotatable bonds is 1. The summed E-state index contributed by atoms with van der Waals surface area (Å²) < 4.78 is 13.5. The Labute approximate surface area is 92.6 Å². The second kappa shape index (κ2) is 4.61. The summed E-state index contributed by atoms with van der Waals surface area (Å²) >= 11 is 0. The maximum atomic E-state index is 13.5. The number of hydrogen-bond donors (Lipinski definition) is 3. The standard InChI is InChI=1S/C10H13FN4O/c1-6-4-3-5-7(11)8(6)15(2)9(12)14-10(13)16/h3-5H,1-2H3,(H4,12,13,14,16). The van der Waals surface area contributed by atoms with Gasteiger partial charge in [0.1, 0.15) is 5.82 Å². The molecule has 0 fully saturated rings. The quantitative estimate of drug-likeness (QED) is 0.494. The van der Waals surface area contributed by atoms with Crippen molar-refractivity contribution in [2.45, 2.75) is 6.92 Å². The molecule has 86 valence electrons. The van der Waals surface area contributed by atoms with E-state index >= 15 is 0 Å². The number of anilines is 1. The lowest BCUT2D eigenvalue weighted by molar-refractivity contribution is 0.253. The minimum atomic E-state index is -0.856. The summed E-state index contributed by atoms with van der Waals surface area (Å²) in [4.78, 5) is 11.8. The van der Waals surface area contributed by atoms with Crippen molar-refractivity contribution in [2.24, 2.45) is 5.73 Å². The van der Waals surface area contributed by atoms with Crippen LogP contribution in [0.2, 0.25) is 0 Å². The Kier molecular flexibility index (Phi) is 3.44. The lowest BCUT2D eigenvalue weighted by Crippen LogP contribution is -2.44. The van der Waals surface area contributed by atoms with Crippen LogP contribution in [-0.2, 0) is 0 Å². The molecule has 1 aromatic carbocycles. The van der Waals surface area contributed by atoms with Gasteiger partial charge in [0.15, 0.2) is 0 Å². The van der Waals surface area contributed by atoms with Gasteiger partial charge in [0.05, 0.1) is 5.69 Å². The van der Waals surface area contributed by atoms with E-state index < -0.39 is 11.8 Å². The molecule has 0 aliphatic heterocycles. The van der Waals surface area contributed by atoms with E-state index in [1.54, 1.807) is 19.1 Å². The van der Waals surface area contributed by atoms with Gasteiger partial charge >= 0.3 is 6.03 Å². The fraction of sp³-hybridized carbons (Fsp3) is 0.200. The van der Waals surface area contributed by atoms with Crippen LogP contribution in [-0.4, -0.2) is 19.0 Å². The zero-order valence-corrected chi connectivity index (χ0v) is 9.04. The summed E-state index contributed by atoms with van der Waals surface area (Å²) in [5.41, 5.74) is 5.78. The van der Waals surface area contributed by atoms with Crippen molar-refractivity contribution in [2.75, 3.05) is 11.9 Å². The molecule has 0 aliphatic carbocycles. The van der Waals surface area contributed by atoms with Gasteiger partial charge in [0.25, 0.3) is 0 Å². The van der Waals surface area contributed by atoms with E-state index in [4.69, 9.17) is 11.1 Å². The SMILES string of the molecule is Cc1cccc(F)c1N(C)C(=N)NC(N)=O. The average Bonchev–Trinajstić information content (AvgIpc) is 2.16. The van der Waals surface area contributed by atoms with Gasteiger partial charge in [0.2, 0.25) is 5.96 Å². The number of guanidine groups is 1. The molecule has 1 rings (SSSR count). The summed E-state index contributed by atoms with van der Waals surface area (Å²) in [5, 5.41) is 9.58. The van der Waals surface area contributed by atoms with Crippen molar-refractivity contribution < 1.29 is 9.18 Å². The van der Waals surface area contributed by atoms with Crippen molar-refractivity contribution in [1.82, 2.24) is 5.32 Å². The van der Waals surface area contributed by atoms with Crippen LogP contribution >= 0.6 is 0 Å². The Balaban J connectivity index is 3.00. The summed E-state index contributed by atoms with van der Waals surface area (Å²) in [7, 11) is 1.48. The van der Waals surface area contributed by atoms with Crippen LogP contribution in [0.4, 0.5) is 14.9 Å². The molecule has 0 heterocycles. The molecule has 16 heavy (non-hydrogen) atoms. The number of halogens is 1.